The Balaban J connectivity index is 1.91. The lowest BCUT2D eigenvalue weighted by molar-refractivity contribution is 0.108. The molecule has 1 unspecified atom stereocenters. The fourth-order valence-corrected chi connectivity index (χ4v) is 2.69. The van der Waals surface area contributed by atoms with Crippen LogP contribution in [0.4, 0.5) is 0 Å². The molecular weight excluding hydrogens is 260 g/mol. The maximum Gasteiger partial charge on any atom is 0.252 e. The molecule has 1 heterocycles. The summed E-state index contributed by atoms with van der Waals surface area (Å²) in [7, 11) is 0. The molecular formula is C16H21ClO2. The number of unbranched alkanes of at least 4 members (excludes halogenated alkanes) is 3. The van der Waals surface area contributed by atoms with Crippen LogP contribution in [0.3, 0.4) is 0 Å². The minimum absolute atomic E-state index is 0.335. The molecule has 1 aliphatic rings. The summed E-state index contributed by atoms with van der Waals surface area (Å²) in [6.45, 7) is 2.23. The Bertz CT molecular complexity index is 442. The van der Waals surface area contributed by atoms with Crippen molar-refractivity contribution < 1.29 is 9.53 Å². The monoisotopic (exact) mass is 280 g/mol. The number of aryl methyl sites for hydroxylation is 1. The number of rotatable bonds is 6. The van der Waals surface area contributed by atoms with Gasteiger partial charge in [-0.05, 0) is 61.0 Å². The summed E-state index contributed by atoms with van der Waals surface area (Å²) in [4.78, 5) is 11.1. The Morgan fingerprint density at radius 3 is 2.95 bits per heavy atom. The van der Waals surface area contributed by atoms with E-state index in [2.05, 4.69) is 6.92 Å². The molecule has 0 saturated carbocycles. The number of fused-ring (bicyclic) bond motifs is 1. The van der Waals surface area contributed by atoms with E-state index in [1.807, 2.05) is 12.1 Å². The third-order valence-electron chi connectivity index (χ3n) is 3.70. The molecule has 0 bridgehead atoms. The molecule has 0 amide bonds. The first-order valence-electron chi connectivity index (χ1n) is 7.20. The highest BCUT2D eigenvalue weighted by atomic mass is 35.5. The van der Waals surface area contributed by atoms with Gasteiger partial charge in [-0.15, -0.1) is 0 Å². The van der Waals surface area contributed by atoms with Crippen molar-refractivity contribution in [3.8, 4) is 5.75 Å². The standard InChI is InChI=1S/C16H21ClO2/c1-2-3-4-5-6-14-9-7-12-11-13(16(17)18)8-10-15(12)19-14/h8,10-11,14H,2-7,9H2,1H3. The summed E-state index contributed by atoms with van der Waals surface area (Å²) in [5.74, 6) is 0.924. The fourth-order valence-electron chi connectivity index (χ4n) is 2.57. The van der Waals surface area contributed by atoms with Crippen LogP contribution in [0.5, 0.6) is 5.75 Å². The Labute approximate surface area is 120 Å². The molecule has 0 aromatic heterocycles. The maximum atomic E-state index is 11.1. The molecule has 3 heteroatoms. The van der Waals surface area contributed by atoms with Crippen molar-refractivity contribution in [3.05, 3.63) is 29.3 Å². The van der Waals surface area contributed by atoms with Crippen molar-refractivity contribution in [2.24, 2.45) is 0 Å². The number of hydrogen-bond donors (Lipinski definition) is 0. The summed E-state index contributed by atoms with van der Waals surface area (Å²) < 4.78 is 5.99. The van der Waals surface area contributed by atoms with Gasteiger partial charge in [0.1, 0.15) is 5.75 Å². The van der Waals surface area contributed by atoms with E-state index in [9.17, 15) is 4.79 Å². The van der Waals surface area contributed by atoms with Gasteiger partial charge in [-0.25, -0.2) is 0 Å². The first-order valence-corrected chi connectivity index (χ1v) is 7.58. The molecule has 19 heavy (non-hydrogen) atoms. The highest BCUT2D eigenvalue weighted by Gasteiger charge is 2.20. The summed E-state index contributed by atoms with van der Waals surface area (Å²) in [5.41, 5.74) is 1.67. The second-order valence-corrected chi connectivity index (χ2v) is 5.57. The van der Waals surface area contributed by atoms with E-state index in [4.69, 9.17) is 16.3 Å². The van der Waals surface area contributed by atoms with Crippen molar-refractivity contribution in [3.63, 3.8) is 0 Å². The van der Waals surface area contributed by atoms with Crippen LogP contribution in [-0.2, 0) is 6.42 Å². The van der Waals surface area contributed by atoms with E-state index in [0.29, 0.717) is 11.7 Å². The van der Waals surface area contributed by atoms with Gasteiger partial charge in [0.25, 0.3) is 5.24 Å². The van der Waals surface area contributed by atoms with Crippen molar-refractivity contribution in [2.45, 2.75) is 58.0 Å². The first kappa shape index (κ1) is 14.4. The van der Waals surface area contributed by atoms with Crippen molar-refractivity contribution in [1.82, 2.24) is 0 Å². The van der Waals surface area contributed by atoms with Crippen molar-refractivity contribution in [1.29, 1.82) is 0 Å². The van der Waals surface area contributed by atoms with E-state index in [0.717, 1.165) is 30.6 Å². The zero-order chi connectivity index (χ0) is 13.7. The highest BCUT2D eigenvalue weighted by Crippen LogP contribution is 2.30. The van der Waals surface area contributed by atoms with Crippen molar-refractivity contribution in [2.75, 3.05) is 0 Å². The largest absolute Gasteiger partial charge is 0.490 e. The summed E-state index contributed by atoms with van der Waals surface area (Å²) in [6.07, 6.45) is 8.60. The third-order valence-corrected chi connectivity index (χ3v) is 3.91. The molecule has 1 atom stereocenters. The zero-order valence-electron chi connectivity index (χ0n) is 11.5. The van der Waals surface area contributed by atoms with E-state index >= 15 is 0 Å². The quantitative estimate of drug-likeness (QED) is 0.556. The van der Waals surface area contributed by atoms with E-state index < -0.39 is 5.24 Å². The van der Waals surface area contributed by atoms with Crippen molar-refractivity contribution >= 4 is 16.8 Å². The highest BCUT2D eigenvalue weighted by molar-refractivity contribution is 6.67. The van der Waals surface area contributed by atoms with Gasteiger partial charge in [0.2, 0.25) is 0 Å². The van der Waals surface area contributed by atoms with E-state index in [-0.39, 0.29) is 0 Å². The minimum Gasteiger partial charge on any atom is -0.490 e. The van der Waals surface area contributed by atoms with Gasteiger partial charge in [0.05, 0.1) is 6.10 Å². The third kappa shape index (κ3) is 3.97. The van der Waals surface area contributed by atoms with Gasteiger partial charge in [-0.1, -0.05) is 26.2 Å². The lowest BCUT2D eigenvalue weighted by atomic mass is 9.97. The average Bonchev–Trinajstić information content (AvgIpc) is 2.43. The number of benzene rings is 1. The number of ether oxygens (including phenoxy) is 1. The predicted octanol–water partition coefficient (Wildman–Crippen LogP) is 4.73. The van der Waals surface area contributed by atoms with Crippen LogP contribution in [0.25, 0.3) is 0 Å². The lowest BCUT2D eigenvalue weighted by Crippen LogP contribution is -2.22. The number of hydrogen-bond acceptors (Lipinski definition) is 2. The van der Waals surface area contributed by atoms with E-state index in [1.54, 1.807) is 6.07 Å². The van der Waals surface area contributed by atoms with Gasteiger partial charge in [0, 0.05) is 5.56 Å². The number of halogens is 1. The Kier molecular flexibility index (Phi) is 5.26. The van der Waals surface area contributed by atoms with Crippen LogP contribution in [0.2, 0.25) is 0 Å². The minimum atomic E-state index is -0.399. The van der Waals surface area contributed by atoms with Crippen LogP contribution >= 0.6 is 11.6 Å². The SMILES string of the molecule is CCCCCCC1CCc2cc(C(=O)Cl)ccc2O1. The molecule has 0 radical (unpaired) electrons. The van der Waals surface area contributed by atoms with Crippen LogP contribution < -0.4 is 4.74 Å². The van der Waals surface area contributed by atoms with Gasteiger partial charge in [-0.3, -0.25) is 4.79 Å². The molecule has 2 rings (SSSR count). The molecule has 1 aromatic rings. The number of carbonyl (C=O) groups is 1. The van der Waals surface area contributed by atoms with Crippen LogP contribution in [-0.4, -0.2) is 11.3 Å². The average molecular weight is 281 g/mol. The van der Waals surface area contributed by atoms with Gasteiger partial charge in [0.15, 0.2) is 0 Å². The number of carbonyl (C=O) groups excluding carboxylic acids is 1. The molecule has 0 fully saturated rings. The molecule has 0 spiro atoms. The Morgan fingerprint density at radius 2 is 2.21 bits per heavy atom. The lowest BCUT2D eigenvalue weighted by Gasteiger charge is -2.26. The molecule has 0 aliphatic carbocycles. The fraction of sp³-hybridized carbons (Fsp3) is 0.562. The topological polar surface area (TPSA) is 26.3 Å². The van der Waals surface area contributed by atoms with Crippen LogP contribution in [0.15, 0.2) is 18.2 Å². The van der Waals surface area contributed by atoms with Gasteiger partial charge < -0.3 is 4.74 Å². The Hall–Kier alpha value is -1.02. The van der Waals surface area contributed by atoms with Gasteiger partial charge in [-0.2, -0.15) is 0 Å². The first-order chi connectivity index (χ1) is 9.20. The molecule has 0 saturated heterocycles. The van der Waals surface area contributed by atoms with Gasteiger partial charge >= 0.3 is 0 Å². The molecule has 1 aliphatic heterocycles. The smallest absolute Gasteiger partial charge is 0.252 e. The predicted molar refractivity (Wildman–Crippen MR) is 78.1 cm³/mol. The zero-order valence-corrected chi connectivity index (χ0v) is 12.2. The second-order valence-electron chi connectivity index (χ2n) is 5.22. The summed E-state index contributed by atoms with van der Waals surface area (Å²) in [5, 5.41) is -0.399. The summed E-state index contributed by atoms with van der Waals surface area (Å²) in [6, 6.07) is 5.48. The molecule has 104 valence electrons. The molecule has 2 nitrogen and oxygen atoms in total. The maximum absolute atomic E-state index is 11.1. The van der Waals surface area contributed by atoms with Crippen LogP contribution in [0, 0.1) is 0 Å². The summed E-state index contributed by atoms with van der Waals surface area (Å²) >= 11 is 5.49. The second kappa shape index (κ2) is 6.95. The van der Waals surface area contributed by atoms with Crippen LogP contribution in [0.1, 0.15) is 61.4 Å². The normalized spacial score (nSPS) is 17.7. The van der Waals surface area contributed by atoms with E-state index in [1.165, 1.54) is 25.7 Å². The molecule has 0 N–H and O–H groups in total. The Morgan fingerprint density at radius 1 is 1.37 bits per heavy atom. The molecule has 1 aromatic carbocycles.